The molecule has 1 heteroatoms. The number of hydrogen-bond acceptors (Lipinski definition) is 1. The smallest absolute Gasteiger partial charge is 0.0252 e. The Morgan fingerprint density at radius 1 is 1.67 bits per heavy atom. The van der Waals surface area contributed by atoms with E-state index in [4.69, 9.17) is 0 Å². The van der Waals surface area contributed by atoms with Crippen molar-refractivity contribution < 1.29 is 0 Å². The van der Waals surface area contributed by atoms with Gasteiger partial charge < -0.3 is 5.32 Å². The summed E-state index contributed by atoms with van der Waals surface area (Å²) in [5.41, 5.74) is 0. The van der Waals surface area contributed by atoms with Crippen LogP contribution < -0.4 is 5.32 Å². The van der Waals surface area contributed by atoms with Crippen LogP contribution in [0.3, 0.4) is 0 Å². The zero-order chi connectivity index (χ0) is 6.53. The molecular formula is C8H16N. The van der Waals surface area contributed by atoms with Gasteiger partial charge in [-0.2, -0.15) is 0 Å². The SMILES string of the molecule is CCCCC1[CH]NCC1. The maximum absolute atomic E-state index is 3.26. The van der Waals surface area contributed by atoms with Gasteiger partial charge in [-0.25, -0.2) is 0 Å². The minimum Gasteiger partial charge on any atom is -0.312 e. The molecule has 9 heavy (non-hydrogen) atoms. The minimum atomic E-state index is 0.880. The van der Waals surface area contributed by atoms with E-state index in [1.807, 2.05) is 0 Å². The van der Waals surface area contributed by atoms with Crippen molar-refractivity contribution >= 4 is 0 Å². The Labute approximate surface area is 57.8 Å². The highest BCUT2D eigenvalue weighted by atomic mass is 14.9. The van der Waals surface area contributed by atoms with E-state index in [-0.39, 0.29) is 0 Å². The highest BCUT2D eigenvalue weighted by Gasteiger charge is 2.12. The van der Waals surface area contributed by atoms with E-state index in [1.54, 1.807) is 0 Å². The van der Waals surface area contributed by atoms with E-state index in [0.29, 0.717) is 0 Å². The highest BCUT2D eigenvalue weighted by Crippen LogP contribution is 2.17. The summed E-state index contributed by atoms with van der Waals surface area (Å²) in [6, 6.07) is 0. The first kappa shape index (κ1) is 7.07. The number of unbranched alkanes of at least 4 members (excludes halogenated alkanes) is 1. The summed E-state index contributed by atoms with van der Waals surface area (Å²) in [5.74, 6) is 0.880. The van der Waals surface area contributed by atoms with E-state index in [9.17, 15) is 0 Å². The molecule has 1 unspecified atom stereocenters. The van der Waals surface area contributed by atoms with Crippen LogP contribution in [-0.2, 0) is 0 Å². The van der Waals surface area contributed by atoms with Crippen LogP contribution in [0.5, 0.6) is 0 Å². The van der Waals surface area contributed by atoms with E-state index >= 15 is 0 Å². The third-order valence-corrected chi connectivity index (χ3v) is 1.94. The van der Waals surface area contributed by atoms with Crippen LogP contribution in [0.4, 0.5) is 0 Å². The fourth-order valence-electron chi connectivity index (χ4n) is 1.30. The van der Waals surface area contributed by atoms with Gasteiger partial charge >= 0.3 is 0 Å². The molecule has 1 aliphatic heterocycles. The van der Waals surface area contributed by atoms with Crippen molar-refractivity contribution in [2.45, 2.75) is 32.6 Å². The summed E-state index contributed by atoms with van der Waals surface area (Å²) in [5, 5.41) is 3.26. The van der Waals surface area contributed by atoms with Crippen molar-refractivity contribution in [1.82, 2.24) is 5.32 Å². The van der Waals surface area contributed by atoms with Crippen molar-refractivity contribution in [1.29, 1.82) is 0 Å². The van der Waals surface area contributed by atoms with Crippen LogP contribution >= 0.6 is 0 Å². The maximum atomic E-state index is 3.26. The molecule has 0 spiro atoms. The predicted molar refractivity (Wildman–Crippen MR) is 39.9 cm³/mol. The minimum absolute atomic E-state index is 0.880. The Kier molecular flexibility index (Phi) is 3.05. The van der Waals surface area contributed by atoms with Gasteiger partial charge in [0.2, 0.25) is 0 Å². The van der Waals surface area contributed by atoms with Crippen molar-refractivity contribution in [2.75, 3.05) is 6.54 Å². The summed E-state index contributed by atoms with van der Waals surface area (Å²) in [6.45, 7) is 5.71. The second kappa shape index (κ2) is 3.89. The zero-order valence-electron chi connectivity index (χ0n) is 6.19. The molecule has 1 N–H and O–H groups in total. The summed E-state index contributed by atoms with van der Waals surface area (Å²) >= 11 is 0. The molecule has 1 heterocycles. The van der Waals surface area contributed by atoms with E-state index in [1.165, 1.54) is 32.2 Å². The Morgan fingerprint density at radius 3 is 3.11 bits per heavy atom. The molecule has 1 radical (unpaired) electrons. The lowest BCUT2D eigenvalue weighted by atomic mass is 10.0. The van der Waals surface area contributed by atoms with Gasteiger partial charge in [-0.15, -0.1) is 0 Å². The largest absolute Gasteiger partial charge is 0.312 e. The Hall–Kier alpha value is -0.0400. The van der Waals surface area contributed by atoms with Crippen molar-refractivity contribution in [2.24, 2.45) is 5.92 Å². The van der Waals surface area contributed by atoms with Gasteiger partial charge in [0.05, 0.1) is 0 Å². The molecule has 53 valence electrons. The first-order valence-electron chi connectivity index (χ1n) is 4.00. The molecule has 0 aliphatic carbocycles. The van der Waals surface area contributed by atoms with Crippen molar-refractivity contribution in [3.63, 3.8) is 0 Å². The fraction of sp³-hybridized carbons (Fsp3) is 0.875. The molecule has 1 atom stereocenters. The summed E-state index contributed by atoms with van der Waals surface area (Å²) in [4.78, 5) is 0. The molecule has 0 saturated carbocycles. The third-order valence-electron chi connectivity index (χ3n) is 1.94. The molecule has 0 aromatic heterocycles. The molecule has 0 amide bonds. The average Bonchev–Trinajstić information content (AvgIpc) is 2.34. The van der Waals surface area contributed by atoms with E-state index in [2.05, 4.69) is 18.8 Å². The molecule has 0 aromatic rings. The quantitative estimate of drug-likeness (QED) is 0.609. The second-order valence-electron chi connectivity index (χ2n) is 2.81. The molecule has 1 rings (SSSR count). The molecular weight excluding hydrogens is 110 g/mol. The standard InChI is InChI=1S/C8H16N/c1-2-3-4-8-5-6-9-7-8/h7-9H,2-6H2,1H3. The Balaban J connectivity index is 1.98. The van der Waals surface area contributed by atoms with E-state index in [0.717, 1.165) is 5.92 Å². The van der Waals surface area contributed by atoms with Gasteiger partial charge in [-0.05, 0) is 25.3 Å². The topological polar surface area (TPSA) is 12.0 Å². The summed E-state index contributed by atoms with van der Waals surface area (Å²) in [7, 11) is 0. The first-order chi connectivity index (χ1) is 4.43. The van der Waals surface area contributed by atoms with Gasteiger partial charge in [0, 0.05) is 6.54 Å². The van der Waals surface area contributed by atoms with Gasteiger partial charge in [-0.1, -0.05) is 19.8 Å². The van der Waals surface area contributed by atoms with Crippen LogP contribution in [0.1, 0.15) is 32.6 Å². The van der Waals surface area contributed by atoms with Crippen LogP contribution in [0.2, 0.25) is 0 Å². The summed E-state index contributed by atoms with van der Waals surface area (Å²) in [6.07, 6.45) is 5.48. The van der Waals surface area contributed by atoms with Crippen molar-refractivity contribution in [3.05, 3.63) is 6.54 Å². The van der Waals surface area contributed by atoms with Gasteiger partial charge in [-0.3, -0.25) is 0 Å². The van der Waals surface area contributed by atoms with Gasteiger partial charge in [0.15, 0.2) is 0 Å². The molecule has 1 fully saturated rings. The molecule has 0 aromatic carbocycles. The number of hydrogen-bond donors (Lipinski definition) is 1. The molecule has 1 saturated heterocycles. The van der Waals surface area contributed by atoms with Crippen molar-refractivity contribution in [3.8, 4) is 0 Å². The molecule has 0 bridgehead atoms. The average molecular weight is 126 g/mol. The zero-order valence-corrected chi connectivity index (χ0v) is 6.19. The van der Waals surface area contributed by atoms with Gasteiger partial charge in [0.1, 0.15) is 0 Å². The first-order valence-corrected chi connectivity index (χ1v) is 4.00. The Morgan fingerprint density at radius 2 is 2.56 bits per heavy atom. The van der Waals surface area contributed by atoms with Gasteiger partial charge in [0.25, 0.3) is 0 Å². The number of rotatable bonds is 3. The third kappa shape index (κ3) is 2.35. The number of nitrogens with one attached hydrogen (secondary N) is 1. The predicted octanol–water partition coefficient (Wildman–Crippen LogP) is 1.95. The monoisotopic (exact) mass is 126 g/mol. The van der Waals surface area contributed by atoms with E-state index < -0.39 is 0 Å². The highest BCUT2D eigenvalue weighted by molar-refractivity contribution is 4.81. The van der Waals surface area contributed by atoms with Crippen LogP contribution in [0, 0.1) is 12.5 Å². The lowest BCUT2D eigenvalue weighted by molar-refractivity contribution is 0.543. The fourth-order valence-corrected chi connectivity index (χ4v) is 1.30. The summed E-state index contributed by atoms with van der Waals surface area (Å²) < 4.78 is 0. The molecule has 1 aliphatic rings. The lowest BCUT2D eigenvalue weighted by Gasteiger charge is -2.03. The Bertz CT molecular complexity index is 65.0. The molecule has 1 nitrogen and oxygen atoms in total. The van der Waals surface area contributed by atoms with Crippen LogP contribution in [0.15, 0.2) is 0 Å². The van der Waals surface area contributed by atoms with Crippen LogP contribution in [0.25, 0.3) is 0 Å². The lowest BCUT2D eigenvalue weighted by Crippen LogP contribution is -2.01. The maximum Gasteiger partial charge on any atom is 0.0252 e. The normalized spacial score (nSPS) is 27.0. The second-order valence-corrected chi connectivity index (χ2v) is 2.81. The van der Waals surface area contributed by atoms with Crippen LogP contribution in [-0.4, -0.2) is 6.54 Å².